The average molecular weight is 302 g/mol. The van der Waals surface area contributed by atoms with E-state index in [1.165, 1.54) is 10.4 Å². The molecule has 4 heteroatoms. The molecule has 1 N–H and O–H groups in total. The molecule has 0 aliphatic rings. The van der Waals surface area contributed by atoms with E-state index >= 15 is 0 Å². The molecule has 3 nitrogen and oxygen atoms in total. The monoisotopic (exact) mass is 302 g/mol. The molecule has 21 heavy (non-hydrogen) atoms. The van der Waals surface area contributed by atoms with Crippen molar-refractivity contribution in [1.29, 1.82) is 0 Å². The minimum Gasteiger partial charge on any atom is -0.338 e. The highest BCUT2D eigenvalue weighted by Crippen LogP contribution is 2.09. The van der Waals surface area contributed by atoms with Crippen LogP contribution in [0, 0.1) is 0 Å². The fraction of sp³-hybridized carbons (Fsp3) is 0.353. The summed E-state index contributed by atoms with van der Waals surface area (Å²) in [6, 6.07) is 14.3. The van der Waals surface area contributed by atoms with Crippen LogP contribution in [0.2, 0.25) is 0 Å². The molecule has 0 aliphatic carbocycles. The summed E-state index contributed by atoms with van der Waals surface area (Å²) in [5.74, 6) is 0. The number of urea groups is 1. The van der Waals surface area contributed by atoms with Crippen LogP contribution in [0.1, 0.15) is 23.8 Å². The van der Waals surface area contributed by atoms with Crippen LogP contribution in [-0.4, -0.2) is 24.0 Å². The van der Waals surface area contributed by atoms with Crippen molar-refractivity contribution >= 4 is 17.4 Å². The Labute approximate surface area is 130 Å². The lowest BCUT2D eigenvalue weighted by molar-refractivity contribution is 0.195. The maximum Gasteiger partial charge on any atom is 0.317 e. The highest BCUT2D eigenvalue weighted by atomic mass is 32.1. The van der Waals surface area contributed by atoms with E-state index in [9.17, 15) is 4.79 Å². The second-order valence-electron chi connectivity index (χ2n) is 4.97. The Balaban J connectivity index is 1.83. The number of nitrogens with one attached hydrogen (secondary N) is 1. The molecule has 1 aromatic heterocycles. The van der Waals surface area contributed by atoms with Crippen molar-refractivity contribution in [3.8, 4) is 0 Å². The van der Waals surface area contributed by atoms with Gasteiger partial charge in [-0.15, -0.1) is 11.3 Å². The van der Waals surface area contributed by atoms with Crippen molar-refractivity contribution in [3.05, 3.63) is 58.3 Å². The van der Waals surface area contributed by atoms with Gasteiger partial charge in [0.1, 0.15) is 0 Å². The largest absolute Gasteiger partial charge is 0.338 e. The summed E-state index contributed by atoms with van der Waals surface area (Å²) in [4.78, 5) is 15.5. The highest BCUT2D eigenvalue weighted by molar-refractivity contribution is 7.09. The molecule has 0 fully saturated rings. The second-order valence-corrected chi connectivity index (χ2v) is 6.00. The van der Waals surface area contributed by atoms with E-state index in [1.807, 2.05) is 29.2 Å². The summed E-state index contributed by atoms with van der Waals surface area (Å²) in [5, 5.41) is 5.09. The Morgan fingerprint density at radius 2 is 2.00 bits per heavy atom. The van der Waals surface area contributed by atoms with Crippen molar-refractivity contribution in [2.45, 2.75) is 26.3 Å². The number of hydrogen-bond donors (Lipinski definition) is 1. The minimum absolute atomic E-state index is 0.0252. The van der Waals surface area contributed by atoms with Crippen LogP contribution in [0.3, 0.4) is 0 Å². The molecule has 1 heterocycles. The van der Waals surface area contributed by atoms with Crippen LogP contribution >= 0.6 is 11.3 Å². The lowest BCUT2D eigenvalue weighted by Gasteiger charge is -2.22. The number of hydrogen-bond acceptors (Lipinski definition) is 2. The van der Waals surface area contributed by atoms with Crippen molar-refractivity contribution in [2.75, 3.05) is 13.1 Å². The molecule has 0 atom stereocenters. The van der Waals surface area contributed by atoms with Crippen LogP contribution < -0.4 is 5.32 Å². The zero-order valence-electron chi connectivity index (χ0n) is 12.4. The highest BCUT2D eigenvalue weighted by Gasteiger charge is 2.12. The van der Waals surface area contributed by atoms with Gasteiger partial charge in [0.25, 0.3) is 0 Å². The van der Waals surface area contributed by atoms with Crippen LogP contribution in [0.4, 0.5) is 4.79 Å². The van der Waals surface area contributed by atoms with Gasteiger partial charge >= 0.3 is 6.03 Å². The Morgan fingerprint density at radius 3 is 2.67 bits per heavy atom. The molecule has 2 rings (SSSR count). The topological polar surface area (TPSA) is 32.3 Å². The van der Waals surface area contributed by atoms with Gasteiger partial charge in [0, 0.05) is 24.5 Å². The zero-order chi connectivity index (χ0) is 14.9. The van der Waals surface area contributed by atoms with Crippen LogP contribution in [0.5, 0.6) is 0 Å². The second kappa shape index (κ2) is 8.47. The standard InChI is InChI=1S/C17H22N2OS/c1-2-12-19(14-15-7-4-3-5-8-15)17(20)18-11-10-16-9-6-13-21-16/h3-9,13H,2,10-12,14H2,1H3,(H,18,20). The van der Waals surface area contributed by atoms with Crippen LogP contribution in [-0.2, 0) is 13.0 Å². The van der Waals surface area contributed by atoms with Gasteiger partial charge < -0.3 is 10.2 Å². The van der Waals surface area contributed by atoms with E-state index in [1.54, 1.807) is 11.3 Å². The lowest BCUT2D eigenvalue weighted by atomic mass is 10.2. The van der Waals surface area contributed by atoms with Gasteiger partial charge in [-0.2, -0.15) is 0 Å². The van der Waals surface area contributed by atoms with Crippen molar-refractivity contribution in [1.82, 2.24) is 10.2 Å². The first-order valence-corrected chi connectivity index (χ1v) is 8.26. The number of benzene rings is 1. The number of rotatable bonds is 7. The summed E-state index contributed by atoms with van der Waals surface area (Å²) >= 11 is 1.73. The number of carbonyl (C=O) groups is 1. The fourth-order valence-corrected chi connectivity index (χ4v) is 2.89. The zero-order valence-corrected chi connectivity index (χ0v) is 13.2. The predicted molar refractivity (Wildman–Crippen MR) is 88.6 cm³/mol. The SMILES string of the molecule is CCCN(Cc1ccccc1)C(=O)NCCc1cccs1. The molecule has 0 radical (unpaired) electrons. The van der Waals surface area contributed by atoms with E-state index < -0.39 is 0 Å². The molecule has 0 saturated heterocycles. The fourth-order valence-electron chi connectivity index (χ4n) is 2.19. The van der Waals surface area contributed by atoms with E-state index in [2.05, 4.69) is 35.8 Å². The number of amides is 2. The van der Waals surface area contributed by atoms with E-state index in [-0.39, 0.29) is 6.03 Å². The van der Waals surface area contributed by atoms with E-state index in [0.717, 1.165) is 19.4 Å². The smallest absolute Gasteiger partial charge is 0.317 e. The Hall–Kier alpha value is -1.81. The molecule has 0 saturated carbocycles. The van der Waals surface area contributed by atoms with Gasteiger partial charge in [-0.1, -0.05) is 43.3 Å². The molecule has 0 bridgehead atoms. The minimum atomic E-state index is 0.0252. The number of nitrogens with zero attached hydrogens (tertiary/aromatic N) is 1. The third-order valence-electron chi connectivity index (χ3n) is 3.22. The maximum absolute atomic E-state index is 12.3. The normalized spacial score (nSPS) is 10.3. The first kappa shape index (κ1) is 15.6. The Morgan fingerprint density at radius 1 is 1.19 bits per heavy atom. The van der Waals surface area contributed by atoms with Gasteiger partial charge in [0.15, 0.2) is 0 Å². The van der Waals surface area contributed by atoms with E-state index in [4.69, 9.17) is 0 Å². The summed E-state index contributed by atoms with van der Waals surface area (Å²) in [7, 11) is 0. The van der Waals surface area contributed by atoms with Crippen molar-refractivity contribution in [3.63, 3.8) is 0 Å². The lowest BCUT2D eigenvalue weighted by Crippen LogP contribution is -2.40. The van der Waals surface area contributed by atoms with Crippen LogP contribution in [0.25, 0.3) is 0 Å². The number of thiophene rings is 1. The Kier molecular flexibility index (Phi) is 6.28. The average Bonchev–Trinajstić information content (AvgIpc) is 3.01. The summed E-state index contributed by atoms with van der Waals surface area (Å²) < 4.78 is 0. The molecule has 1 aromatic carbocycles. The van der Waals surface area contributed by atoms with Gasteiger partial charge in [-0.25, -0.2) is 4.79 Å². The Bertz CT molecular complexity index is 525. The van der Waals surface area contributed by atoms with Gasteiger partial charge in [-0.3, -0.25) is 0 Å². The van der Waals surface area contributed by atoms with Gasteiger partial charge in [0.2, 0.25) is 0 Å². The molecule has 2 amide bonds. The van der Waals surface area contributed by atoms with Crippen molar-refractivity contribution in [2.24, 2.45) is 0 Å². The first-order valence-electron chi connectivity index (χ1n) is 7.38. The summed E-state index contributed by atoms with van der Waals surface area (Å²) in [5.41, 5.74) is 1.17. The number of carbonyl (C=O) groups excluding carboxylic acids is 1. The molecule has 112 valence electrons. The maximum atomic E-state index is 12.3. The molecular formula is C17H22N2OS. The van der Waals surface area contributed by atoms with Crippen molar-refractivity contribution < 1.29 is 4.79 Å². The molecular weight excluding hydrogens is 280 g/mol. The molecule has 0 spiro atoms. The molecule has 2 aromatic rings. The third-order valence-corrected chi connectivity index (χ3v) is 4.16. The summed E-state index contributed by atoms with van der Waals surface area (Å²) in [6.07, 6.45) is 1.86. The third kappa shape index (κ3) is 5.23. The predicted octanol–water partition coefficient (Wildman–Crippen LogP) is 3.91. The van der Waals surface area contributed by atoms with Crippen LogP contribution in [0.15, 0.2) is 47.8 Å². The van der Waals surface area contributed by atoms with Gasteiger partial charge in [-0.05, 0) is 29.9 Å². The van der Waals surface area contributed by atoms with Gasteiger partial charge in [0.05, 0.1) is 0 Å². The summed E-state index contributed by atoms with van der Waals surface area (Å²) in [6.45, 7) is 4.23. The van der Waals surface area contributed by atoms with E-state index in [0.29, 0.717) is 13.1 Å². The molecule has 0 unspecified atom stereocenters. The quantitative estimate of drug-likeness (QED) is 0.826. The first-order chi connectivity index (χ1) is 10.3. The molecule has 0 aliphatic heterocycles.